The molecule has 1 aromatic heterocycles. The minimum absolute atomic E-state index is 0.00919. The molecule has 36 heavy (non-hydrogen) atoms. The zero-order chi connectivity index (χ0) is 24.6. The van der Waals surface area contributed by atoms with Gasteiger partial charge in [0.2, 0.25) is 0 Å². The van der Waals surface area contributed by atoms with Crippen LogP contribution in [0.3, 0.4) is 0 Å². The number of phenols is 1. The van der Waals surface area contributed by atoms with Crippen molar-refractivity contribution in [2.45, 2.75) is 58.2 Å². The van der Waals surface area contributed by atoms with Crippen molar-refractivity contribution in [2.24, 2.45) is 5.92 Å². The maximum absolute atomic E-state index is 13.6. The van der Waals surface area contributed by atoms with Gasteiger partial charge in [0.15, 0.2) is 0 Å². The van der Waals surface area contributed by atoms with Crippen LogP contribution in [0.4, 0.5) is 0 Å². The summed E-state index contributed by atoms with van der Waals surface area (Å²) in [7, 11) is 2.18. The Morgan fingerprint density at radius 3 is 2.61 bits per heavy atom. The SMILES string of the molecule is CN1CCN(Cc2ccc3c(c2)CN(C(=O)c2cc4c(CC5CCCCC5)[nH]nc4cc2O)C3)CC1. The van der Waals surface area contributed by atoms with E-state index in [1.165, 1.54) is 48.8 Å². The van der Waals surface area contributed by atoms with Crippen molar-refractivity contribution in [1.82, 2.24) is 24.9 Å². The molecular formula is C29H37N5O2. The number of nitrogens with one attached hydrogen (secondary N) is 1. The minimum atomic E-state index is -0.115. The molecule has 1 amide bonds. The summed E-state index contributed by atoms with van der Waals surface area (Å²) in [6.07, 6.45) is 7.41. The van der Waals surface area contributed by atoms with E-state index in [-0.39, 0.29) is 11.7 Å². The van der Waals surface area contributed by atoms with Gasteiger partial charge >= 0.3 is 0 Å². The maximum atomic E-state index is 13.6. The number of amides is 1. The second-order valence-corrected chi connectivity index (χ2v) is 11.1. The quantitative estimate of drug-likeness (QED) is 0.561. The van der Waals surface area contributed by atoms with Gasteiger partial charge in [0.05, 0.1) is 11.1 Å². The number of hydrogen-bond acceptors (Lipinski definition) is 5. The fourth-order valence-corrected chi connectivity index (χ4v) is 6.23. The normalized spacial score (nSPS) is 19.8. The Labute approximate surface area is 213 Å². The molecule has 6 rings (SSSR count). The lowest BCUT2D eigenvalue weighted by Crippen LogP contribution is -2.43. The van der Waals surface area contributed by atoms with Crippen molar-refractivity contribution in [2.75, 3.05) is 33.2 Å². The highest BCUT2D eigenvalue weighted by Crippen LogP contribution is 2.33. The second kappa shape index (κ2) is 9.87. The molecule has 2 aliphatic heterocycles. The van der Waals surface area contributed by atoms with Crippen LogP contribution in [-0.4, -0.2) is 69.1 Å². The topological polar surface area (TPSA) is 75.7 Å². The first-order valence-electron chi connectivity index (χ1n) is 13.5. The molecule has 0 atom stereocenters. The van der Waals surface area contributed by atoms with Gasteiger partial charge in [0.25, 0.3) is 5.91 Å². The van der Waals surface area contributed by atoms with Crippen LogP contribution >= 0.6 is 0 Å². The molecule has 2 aromatic carbocycles. The molecule has 3 heterocycles. The van der Waals surface area contributed by atoms with E-state index < -0.39 is 0 Å². The van der Waals surface area contributed by atoms with Gasteiger partial charge in [-0.15, -0.1) is 0 Å². The van der Waals surface area contributed by atoms with Crippen LogP contribution in [-0.2, 0) is 26.1 Å². The minimum Gasteiger partial charge on any atom is -0.507 e. The average molecular weight is 488 g/mol. The van der Waals surface area contributed by atoms with Crippen LogP contribution in [0.15, 0.2) is 30.3 Å². The van der Waals surface area contributed by atoms with Gasteiger partial charge < -0.3 is 14.9 Å². The number of carbonyl (C=O) groups excluding carboxylic acids is 1. The van der Waals surface area contributed by atoms with E-state index in [4.69, 9.17) is 0 Å². The molecule has 2 fully saturated rings. The highest BCUT2D eigenvalue weighted by molar-refractivity contribution is 6.01. The summed E-state index contributed by atoms with van der Waals surface area (Å²) in [5, 5.41) is 19.3. The number of benzene rings is 2. The summed E-state index contributed by atoms with van der Waals surface area (Å²) in [5.41, 5.74) is 5.92. The molecule has 0 spiro atoms. The summed E-state index contributed by atoms with van der Waals surface area (Å²) in [4.78, 5) is 20.3. The zero-order valence-electron chi connectivity index (χ0n) is 21.3. The van der Waals surface area contributed by atoms with E-state index in [1.807, 2.05) is 11.0 Å². The number of aromatic amines is 1. The number of aromatic nitrogens is 2. The predicted molar refractivity (Wildman–Crippen MR) is 141 cm³/mol. The Kier molecular flexibility index (Phi) is 6.44. The third kappa shape index (κ3) is 4.74. The smallest absolute Gasteiger partial charge is 0.258 e. The number of likely N-dealkylation sites (N-methyl/N-ethyl adjacent to an activating group) is 1. The summed E-state index contributed by atoms with van der Waals surface area (Å²) >= 11 is 0. The molecule has 7 nitrogen and oxygen atoms in total. The first-order valence-corrected chi connectivity index (χ1v) is 13.5. The predicted octanol–water partition coefficient (Wildman–Crippen LogP) is 4.29. The van der Waals surface area contributed by atoms with Crippen LogP contribution in [0.5, 0.6) is 5.75 Å². The Morgan fingerprint density at radius 2 is 1.81 bits per heavy atom. The number of phenolic OH excluding ortho intramolecular Hbond substituents is 1. The lowest BCUT2D eigenvalue weighted by molar-refractivity contribution is 0.0748. The van der Waals surface area contributed by atoms with Crippen molar-refractivity contribution in [3.05, 3.63) is 58.3 Å². The third-order valence-corrected chi connectivity index (χ3v) is 8.48. The second-order valence-electron chi connectivity index (χ2n) is 11.1. The van der Waals surface area contributed by atoms with Gasteiger partial charge in [-0.25, -0.2) is 0 Å². The number of fused-ring (bicyclic) bond motifs is 2. The Balaban J connectivity index is 1.17. The number of rotatable bonds is 5. The van der Waals surface area contributed by atoms with Crippen molar-refractivity contribution < 1.29 is 9.90 Å². The summed E-state index contributed by atoms with van der Waals surface area (Å²) in [6.45, 7) is 6.54. The van der Waals surface area contributed by atoms with Gasteiger partial charge in [0, 0.05) is 63.0 Å². The number of carbonyl (C=O) groups is 1. The average Bonchev–Trinajstić information content (AvgIpc) is 3.48. The summed E-state index contributed by atoms with van der Waals surface area (Å²) in [6, 6.07) is 10.1. The fourth-order valence-electron chi connectivity index (χ4n) is 6.23. The molecule has 190 valence electrons. The van der Waals surface area contributed by atoms with Gasteiger partial charge in [-0.05, 0) is 42.1 Å². The first kappa shape index (κ1) is 23.5. The van der Waals surface area contributed by atoms with E-state index in [0.717, 1.165) is 55.7 Å². The Bertz CT molecular complexity index is 1250. The van der Waals surface area contributed by atoms with Crippen LogP contribution in [0.1, 0.15) is 64.8 Å². The molecular weight excluding hydrogens is 450 g/mol. The number of aromatic hydroxyl groups is 1. The molecule has 0 unspecified atom stereocenters. The van der Waals surface area contributed by atoms with Crippen LogP contribution in [0, 0.1) is 5.92 Å². The molecule has 3 aliphatic rings. The third-order valence-electron chi connectivity index (χ3n) is 8.48. The highest BCUT2D eigenvalue weighted by Gasteiger charge is 2.28. The molecule has 0 radical (unpaired) electrons. The first-order chi connectivity index (χ1) is 17.5. The van der Waals surface area contributed by atoms with Gasteiger partial charge in [-0.1, -0.05) is 50.3 Å². The lowest BCUT2D eigenvalue weighted by Gasteiger charge is -2.32. The standard InChI is InChI=1S/C29H37N5O2/c1-32-9-11-33(12-10-32)17-21-7-8-22-18-34(19-23(22)13-21)29(36)25-15-24-26(14-20-5-3-2-4-6-20)30-31-27(24)16-28(25)35/h7-8,13,15-16,20,35H,2-6,9-12,14,17-19H2,1H3,(H,30,31). The van der Waals surface area contributed by atoms with Gasteiger partial charge in [-0.2, -0.15) is 5.10 Å². The number of nitrogens with zero attached hydrogens (tertiary/aromatic N) is 4. The van der Waals surface area contributed by atoms with Gasteiger partial charge in [0.1, 0.15) is 5.75 Å². The molecule has 1 aliphatic carbocycles. The van der Waals surface area contributed by atoms with Crippen molar-refractivity contribution >= 4 is 16.8 Å². The molecule has 0 bridgehead atoms. The van der Waals surface area contributed by atoms with E-state index in [1.54, 1.807) is 6.07 Å². The number of piperazine rings is 1. The number of H-pyrrole nitrogens is 1. The van der Waals surface area contributed by atoms with Crippen LogP contribution in [0.25, 0.3) is 10.9 Å². The Hall–Kier alpha value is -2.90. The molecule has 1 saturated heterocycles. The van der Waals surface area contributed by atoms with E-state index in [9.17, 15) is 9.90 Å². The van der Waals surface area contributed by atoms with Gasteiger partial charge in [-0.3, -0.25) is 14.8 Å². The highest BCUT2D eigenvalue weighted by atomic mass is 16.3. The summed E-state index contributed by atoms with van der Waals surface area (Å²) in [5.74, 6) is 0.564. The molecule has 3 aromatic rings. The van der Waals surface area contributed by atoms with Crippen LogP contribution < -0.4 is 0 Å². The lowest BCUT2D eigenvalue weighted by atomic mass is 9.85. The molecule has 2 N–H and O–H groups in total. The molecule has 1 saturated carbocycles. The monoisotopic (exact) mass is 487 g/mol. The largest absolute Gasteiger partial charge is 0.507 e. The van der Waals surface area contributed by atoms with E-state index >= 15 is 0 Å². The van der Waals surface area contributed by atoms with Crippen molar-refractivity contribution in [3.63, 3.8) is 0 Å². The Morgan fingerprint density at radius 1 is 1.03 bits per heavy atom. The van der Waals surface area contributed by atoms with E-state index in [0.29, 0.717) is 24.6 Å². The van der Waals surface area contributed by atoms with Crippen molar-refractivity contribution in [3.8, 4) is 5.75 Å². The maximum Gasteiger partial charge on any atom is 0.258 e. The number of hydrogen-bond donors (Lipinski definition) is 2. The zero-order valence-corrected chi connectivity index (χ0v) is 21.3. The van der Waals surface area contributed by atoms with Crippen LogP contribution in [0.2, 0.25) is 0 Å². The molecule has 7 heteroatoms. The van der Waals surface area contributed by atoms with E-state index in [2.05, 4.69) is 45.2 Å². The fraction of sp³-hybridized carbons (Fsp3) is 0.517. The van der Waals surface area contributed by atoms with Crippen molar-refractivity contribution in [1.29, 1.82) is 0 Å². The summed E-state index contributed by atoms with van der Waals surface area (Å²) < 4.78 is 0.